The van der Waals surface area contributed by atoms with Crippen molar-refractivity contribution in [2.24, 2.45) is 5.92 Å². The molecule has 1 atom stereocenters. The predicted molar refractivity (Wildman–Crippen MR) is 106 cm³/mol. The van der Waals surface area contributed by atoms with Crippen LogP contribution in [0.5, 0.6) is 0 Å². The number of hydrogen-bond donors (Lipinski definition) is 1. The van der Waals surface area contributed by atoms with Gasteiger partial charge >= 0.3 is 5.97 Å². The molecule has 0 aromatic carbocycles. The van der Waals surface area contributed by atoms with E-state index in [9.17, 15) is 9.59 Å². The maximum atomic E-state index is 12.5. The molecule has 0 radical (unpaired) electrons. The van der Waals surface area contributed by atoms with E-state index >= 15 is 0 Å². The van der Waals surface area contributed by atoms with Gasteiger partial charge in [-0.3, -0.25) is 9.59 Å². The Morgan fingerprint density at radius 1 is 1.29 bits per heavy atom. The standard InChI is InChI=1S/C21H31N3O4/c1-14(2)17-12-23(7-8-24(17)19(25)5-6-20(26)27)18-9-15-10-21(3,4)28-13-16(15)11-22-18/h9,11,14,17H,5-8,10,12-13H2,1-4H3,(H,26,27)/t17-/m0/s1. The second-order valence-corrected chi connectivity index (χ2v) is 8.77. The van der Waals surface area contributed by atoms with Gasteiger partial charge < -0.3 is 19.6 Å². The second-order valence-electron chi connectivity index (χ2n) is 8.77. The molecule has 154 valence electrons. The topological polar surface area (TPSA) is 83.0 Å². The predicted octanol–water partition coefficient (Wildman–Crippen LogP) is 2.47. The molecule has 1 saturated heterocycles. The molecule has 2 aliphatic heterocycles. The average Bonchev–Trinajstić information content (AvgIpc) is 2.64. The lowest BCUT2D eigenvalue weighted by Crippen LogP contribution is -2.57. The SMILES string of the molecule is CC(C)[C@@H]1CN(c2cc3c(cn2)COC(C)(C)C3)CCN1C(=O)CCC(=O)O. The summed E-state index contributed by atoms with van der Waals surface area (Å²) in [6, 6.07) is 2.21. The number of aromatic nitrogens is 1. The molecule has 3 rings (SSSR count). The van der Waals surface area contributed by atoms with Crippen LogP contribution in [-0.2, 0) is 27.4 Å². The van der Waals surface area contributed by atoms with E-state index in [0.717, 1.165) is 17.8 Å². The van der Waals surface area contributed by atoms with Crippen LogP contribution in [-0.4, -0.2) is 58.1 Å². The van der Waals surface area contributed by atoms with Gasteiger partial charge in [-0.1, -0.05) is 13.8 Å². The quantitative estimate of drug-likeness (QED) is 0.833. The average molecular weight is 389 g/mol. The highest BCUT2D eigenvalue weighted by molar-refractivity contribution is 5.81. The number of fused-ring (bicyclic) bond motifs is 1. The highest BCUT2D eigenvalue weighted by atomic mass is 16.5. The first-order chi connectivity index (χ1) is 13.2. The van der Waals surface area contributed by atoms with E-state index in [-0.39, 0.29) is 36.3 Å². The van der Waals surface area contributed by atoms with Crippen molar-refractivity contribution < 1.29 is 19.4 Å². The van der Waals surface area contributed by atoms with Crippen LogP contribution in [0, 0.1) is 5.92 Å². The Bertz CT molecular complexity index is 747. The van der Waals surface area contributed by atoms with Gasteiger partial charge in [-0.05, 0) is 37.0 Å². The molecule has 1 amide bonds. The molecule has 1 fully saturated rings. The number of hydrogen-bond acceptors (Lipinski definition) is 5. The van der Waals surface area contributed by atoms with Crippen LogP contribution in [0.1, 0.15) is 51.7 Å². The van der Waals surface area contributed by atoms with Gasteiger partial charge in [-0.2, -0.15) is 0 Å². The van der Waals surface area contributed by atoms with E-state index in [1.165, 1.54) is 5.56 Å². The van der Waals surface area contributed by atoms with Crippen LogP contribution in [0.4, 0.5) is 5.82 Å². The molecule has 2 aliphatic rings. The molecule has 0 spiro atoms. The van der Waals surface area contributed by atoms with E-state index in [1.54, 1.807) is 0 Å². The number of rotatable bonds is 5. The number of piperazine rings is 1. The summed E-state index contributed by atoms with van der Waals surface area (Å²) < 4.78 is 5.87. The van der Waals surface area contributed by atoms with Gasteiger partial charge in [0, 0.05) is 38.7 Å². The first-order valence-corrected chi connectivity index (χ1v) is 10.0. The number of anilines is 1. The zero-order chi connectivity index (χ0) is 20.5. The summed E-state index contributed by atoms with van der Waals surface area (Å²) in [6.07, 6.45) is 2.71. The number of carbonyl (C=O) groups excluding carboxylic acids is 1. The number of amides is 1. The molecule has 1 aromatic rings. The van der Waals surface area contributed by atoms with Crippen molar-refractivity contribution in [2.75, 3.05) is 24.5 Å². The number of aliphatic carboxylic acids is 1. The molecular weight excluding hydrogens is 358 g/mol. The molecule has 1 N–H and O–H groups in total. The summed E-state index contributed by atoms with van der Waals surface area (Å²) in [6.45, 7) is 11.0. The van der Waals surface area contributed by atoms with Crippen molar-refractivity contribution in [2.45, 2.75) is 65.2 Å². The van der Waals surface area contributed by atoms with E-state index in [1.807, 2.05) is 11.1 Å². The van der Waals surface area contributed by atoms with Crippen LogP contribution < -0.4 is 4.90 Å². The summed E-state index contributed by atoms with van der Waals surface area (Å²) >= 11 is 0. The van der Waals surface area contributed by atoms with Gasteiger partial charge in [-0.15, -0.1) is 0 Å². The third kappa shape index (κ3) is 4.63. The zero-order valence-electron chi connectivity index (χ0n) is 17.3. The molecule has 1 aromatic heterocycles. The maximum absolute atomic E-state index is 12.5. The Morgan fingerprint density at radius 2 is 2.04 bits per heavy atom. The van der Waals surface area contributed by atoms with E-state index < -0.39 is 5.97 Å². The summed E-state index contributed by atoms with van der Waals surface area (Å²) in [5.74, 6) is 0.220. The molecule has 0 saturated carbocycles. The lowest BCUT2D eigenvalue weighted by molar-refractivity contribution is -0.142. The van der Waals surface area contributed by atoms with Gasteiger partial charge in [0.25, 0.3) is 0 Å². The number of carboxylic acids is 1. The van der Waals surface area contributed by atoms with E-state index in [4.69, 9.17) is 9.84 Å². The normalized spacial score (nSPS) is 21.5. The van der Waals surface area contributed by atoms with Crippen molar-refractivity contribution in [3.63, 3.8) is 0 Å². The number of carboxylic acid groups (broad SMARTS) is 1. The maximum Gasteiger partial charge on any atom is 0.303 e. The second kappa shape index (κ2) is 8.07. The number of carbonyl (C=O) groups is 2. The summed E-state index contributed by atoms with van der Waals surface area (Å²) in [7, 11) is 0. The minimum atomic E-state index is -0.932. The molecule has 7 nitrogen and oxygen atoms in total. The molecule has 7 heteroatoms. The Balaban J connectivity index is 1.74. The van der Waals surface area contributed by atoms with Crippen molar-refractivity contribution >= 4 is 17.7 Å². The lowest BCUT2D eigenvalue weighted by atomic mass is 9.92. The lowest BCUT2D eigenvalue weighted by Gasteiger charge is -2.44. The molecule has 0 aliphatic carbocycles. The minimum Gasteiger partial charge on any atom is -0.481 e. The minimum absolute atomic E-state index is 0.0488. The molecule has 28 heavy (non-hydrogen) atoms. The smallest absolute Gasteiger partial charge is 0.303 e. The summed E-state index contributed by atoms with van der Waals surface area (Å²) in [5, 5.41) is 8.86. The van der Waals surface area contributed by atoms with Crippen molar-refractivity contribution in [3.05, 3.63) is 23.4 Å². The van der Waals surface area contributed by atoms with Gasteiger partial charge in [0.15, 0.2) is 0 Å². The van der Waals surface area contributed by atoms with E-state index in [0.29, 0.717) is 26.2 Å². The fraction of sp³-hybridized carbons (Fsp3) is 0.667. The van der Waals surface area contributed by atoms with Gasteiger partial charge in [-0.25, -0.2) is 4.98 Å². The summed E-state index contributed by atoms with van der Waals surface area (Å²) in [5.41, 5.74) is 2.26. The van der Waals surface area contributed by atoms with Crippen LogP contribution in [0.25, 0.3) is 0 Å². The Labute approximate surface area is 166 Å². The zero-order valence-corrected chi connectivity index (χ0v) is 17.3. The fourth-order valence-corrected chi connectivity index (χ4v) is 4.02. The third-order valence-corrected chi connectivity index (χ3v) is 5.69. The first-order valence-electron chi connectivity index (χ1n) is 10.0. The van der Waals surface area contributed by atoms with Crippen molar-refractivity contribution in [3.8, 4) is 0 Å². The summed E-state index contributed by atoms with van der Waals surface area (Å²) in [4.78, 5) is 32.1. The fourth-order valence-electron chi connectivity index (χ4n) is 4.02. The molecule has 0 bridgehead atoms. The van der Waals surface area contributed by atoms with Gasteiger partial charge in [0.05, 0.1) is 24.7 Å². The highest BCUT2D eigenvalue weighted by Gasteiger charge is 2.33. The molecule has 0 unspecified atom stereocenters. The number of ether oxygens (including phenoxy) is 1. The van der Waals surface area contributed by atoms with Crippen LogP contribution in [0.2, 0.25) is 0 Å². The third-order valence-electron chi connectivity index (χ3n) is 5.69. The number of nitrogens with zero attached hydrogens (tertiary/aromatic N) is 3. The Morgan fingerprint density at radius 3 is 2.71 bits per heavy atom. The van der Waals surface area contributed by atoms with Gasteiger partial charge in [0.2, 0.25) is 5.91 Å². The highest BCUT2D eigenvalue weighted by Crippen LogP contribution is 2.30. The van der Waals surface area contributed by atoms with Crippen LogP contribution in [0.15, 0.2) is 12.3 Å². The Hall–Kier alpha value is -2.15. The monoisotopic (exact) mass is 389 g/mol. The largest absolute Gasteiger partial charge is 0.481 e. The molecule has 3 heterocycles. The molecular formula is C21H31N3O4. The first kappa shape index (κ1) is 20.6. The van der Waals surface area contributed by atoms with Crippen LogP contribution >= 0.6 is 0 Å². The van der Waals surface area contributed by atoms with Crippen LogP contribution in [0.3, 0.4) is 0 Å². The van der Waals surface area contributed by atoms with Gasteiger partial charge in [0.1, 0.15) is 5.82 Å². The van der Waals surface area contributed by atoms with E-state index in [2.05, 4.69) is 43.6 Å². The van der Waals surface area contributed by atoms with Crippen molar-refractivity contribution in [1.82, 2.24) is 9.88 Å². The number of pyridine rings is 1. The Kier molecular flexibility index (Phi) is 5.93. The van der Waals surface area contributed by atoms with Crippen molar-refractivity contribution in [1.29, 1.82) is 0 Å².